The van der Waals surface area contributed by atoms with Gasteiger partial charge in [0.15, 0.2) is 0 Å². The molecule has 0 unspecified atom stereocenters. The quantitative estimate of drug-likeness (QED) is 0.327. The van der Waals surface area contributed by atoms with E-state index in [1.54, 1.807) is 41.8 Å². The molecule has 0 bridgehead atoms. The molecule has 0 aliphatic carbocycles. The van der Waals surface area contributed by atoms with Crippen molar-refractivity contribution in [1.29, 1.82) is 0 Å². The highest BCUT2D eigenvalue weighted by atomic mass is 35.5. The predicted molar refractivity (Wildman–Crippen MR) is 127 cm³/mol. The van der Waals surface area contributed by atoms with E-state index >= 15 is 0 Å². The summed E-state index contributed by atoms with van der Waals surface area (Å²) < 4.78 is 0. The molecule has 2 rings (SSSR count). The minimum Gasteiger partial charge on any atom is -0.355 e. The summed E-state index contributed by atoms with van der Waals surface area (Å²) in [4.78, 5) is 28.0. The Morgan fingerprint density at radius 1 is 1.07 bits per heavy atom. The van der Waals surface area contributed by atoms with Crippen molar-refractivity contribution in [3.05, 3.63) is 63.1 Å². The monoisotopic (exact) mass is 486 g/mol. The van der Waals surface area contributed by atoms with E-state index in [9.17, 15) is 9.59 Å². The predicted octanol–water partition coefficient (Wildman–Crippen LogP) is 6.07. The maximum atomic E-state index is 13.0. The maximum Gasteiger partial charge on any atom is 0.242 e. The first-order chi connectivity index (χ1) is 14.3. The lowest BCUT2D eigenvalue weighted by atomic mass is 10.1. The first-order valence-corrected chi connectivity index (χ1v) is 11.8. The van der Waals surface area contributed by atoms with Gasteiger partial charge in [-0.05, 0) is 68.0 Å². The average molecular weight is 488 g/mol. The van der Waals surface area contributed by atoms with Crippen LogP contribution >= 0.6 is 46.6 Å². The van der Waals surface area contributed by atoms with Gasteiger partial charge in [0.05, 0.1) is 0 Å². The summed E-state index contributed by atoms with van der Waals surface area (Å²) in [7, 11) is 0. The lowest BCUT2D eigenvalue weighted by molar-refractivity contribution is -0.140. The molecule has 0 aliphatic rings. The van der Waals surface area contributed by atoms with Crippen LogP contribution in [0.4, 0.5) is 0 Å². The Bertz CT molecular complexity index is 862. The van der Waals surface area contributed by atoms with E-state index in [1.165, 1.54) is 0 Å². The summed E-state index contributed by atoms with van der Waals surface area (Å²) in [6.07, 6.45) is 1.04. The normalized spacial score (nSPS) is 11.8. The highest BCUT2D eigenvalue weighted by molar-refractivity contribution is 7.99. The van der Waals surface area contributed by atoms with Crippen LogP contribution in [0.1, 0.15) is 32.3 Å². The Kier molecular flexibility index (Phi) is 10.3. The third-order valence-electron chi connectivity index (χ3n) is 4.49. The smallest absolute Gasteiger partial charge is 0.242 e. The molecule has 0 heterocycles. The van der Waals surface area contributed by atoms with Crippen LogP contribution in [0, 0.1) is 0 Å². The summed E-state index contributed by atoms with van der Waals surface area (Å²) in [5, 5.41) is 4.48. The van der Waals surface area contributed by atoms with Crippen LogP contribution in [0.5, 0.6) is 0 Å². The molecular weight excluding hydrogens is 463 g/mol. The average Bonchev–Trinajstić information content (AvgIpc) is 2.71. The molecule has 2 aromatic carbocycles. The largest absolute Gasteiger partial charge is 0.355 e. The number of benzene rings is 2. The fourth-order valence-corrected chi connectivity index (χ4v) is 4.27. The molecule has 2 aromatic rings. The number of nitrogens with zero attached hydrogens (tertiary/aromatic N) is 1. The van der Waals surface area contributed by atoms with Gasteiger partial charge in [0, 0.05) is 39.5 Å². The zero-order chi connectivity index (χ0) is 22.1. The van der Waals surface area contributed by atoms with Crippen LogP contribution in [0.2, 0.25) is 15.1 Å². The van der Waals surface area contributed by atoms with Crippen molar-refractivity contribution in [2.45, 2.75) is 44.2 Å². The van der Waals surface area contributed by atoms with Gasteiger partial charge in [0.2, 0.25) is 11.8 Å². The Balaban J connectivity index is 2.01. The molecule has 0 spiro atoms. The molecule has 1 N–H and O–H groups in total. The van der Waals surface area contributed by atoms with Gasteiger partial charge in [0.25, 0.3) is 0 Å². The van der Waals surface area contributed by atoms with E-state index in [2.05, 4.69) is 5.32 Å². The summed E-state index contributed by atoms with van der Waals surface area (Å²) in [5.74, 6) is 0.515. The van der Waals surface area contributed by atoms with Crippen LogP contribution in [0.15, 0.2) is 47.4 Å². The van der Waals surface area contributed by atoms with Crippen LogP contribution in [-0.4, -0.2) is 35.1 Å². The van der Waals surface area contributed by atoms with Gasteiger partial charge < -0.3 is 10.2 Å². The summed E-state index contributed by atoms with van der Waals surface area (Å²) in [6, 6.07) is 12.2. The second-order valence-electron chi connectivity index (χ2n) is 6.73. The zero-order valence-corrected chi connectivity index (χ0v) is 20.0. The number of amides is 2. The second-order valence-corrected chi connectivity index (χ2v) is 9.18. The second kappa shape index (κ2) is 12.5. The van der Waals surface area contributed by atoms with Crippen LogP contribution in [-0.2, 0) is 16.1 Å². The van der Waals surface area contributed by atoms with E-state index < -0.39 is 6.04 Å². The van der Waals surface area contributed by atoms with Gasteiger partial charge in [-0.1, -0.05) is 40.9 Å². The number of carbonyl (C=O) groups excluding carboxylic acids is 2. The SMILES string of the molecule is CCNC(=O)[C@H](C)N(Cc1ccc(Cl)cc1Cl)C(=O)CCCSc1ccc(Cl)cc1. The van der Waals surface area contributed by atoms with Crippen molar-refractivity contribution >= 4 is 58.4 Å². The number of thioether (sulfide) groups is 1. The van der Waals surface area contributed by atoms with Crippen LogP contribution < -0.4 is 5.32 Å². The Labute approximate surface area is 197 Å². The molecule has 0 radical (unpaired) electrons. The molecule has 2 amide bonds. The molecule has 0 aromatic heterocycles. The van der Waals surface area contributed by atoms with Crippen LogP contribution in [0.25, 0.3) is 0 Å². The van der Waals surface area contributed by atoms with Crippen LogP contribution in [0.3, 0.4) is 0 Å². The van der Waals surface area contributed by atoms with E-state index in [1.807, 2.05) is 31.2 Å². The molecule has 4 nitrogen and oxygen atoms in total. The number of likely N-dealkylation sites (N-methyl/N-ethyl adjacent to an activating group) is 1. The van der Waals surface area contributed by atoms with Crippen molar-refractivity contribution in [2.24, 2.45) is 0 Å². The number of hydrogen-bond donors (Lipinski definition) is 1. The lowest BCUT2D eigenvalue weighted by Crippen LogP contribution is -2.47. The van der Waals surface area contributed by atoms with E-state index in [4.69, 9.17) is 34.8 Å². The summed E-state index contributed by atoms with van der Waals surface area (Å²) >= 11 is 19.8. The Morgan fingerprint density at radius 3 is 2.37 bits per heavy atom. The molecule has 162 valence electrons. The van der Waals surface area contributed by atoms with Crippen molar-refractivity contribution in [2.75, 3.05) is 12.3 Å². The molecule has 8 heteroatoms. The number of halogens is 3. The Hall–Kier alpha value is -1.40. The number of rotatable bonds is 10. The van der Waals surface area contributed by atoms with E-state index in [-0.39, 0.29) is 18.4 Å². The highest BCUT2D eigenvalue weighted by Crippen LogP contribution is 2.25. The molecule has 0 fully saturated rings. The molecule has 0 saturated heterocycles. The molecule has 0 saturated carbocycles. The van der Waals surface area contributed by atoms with Gasteiger partial charge >= 0.3 is 0 Å². The van der Waals surface area contributed by atoms with Crippen molar-refractivity contribution < 1.29 is 9.59 Å². The first-order valence-electron chi connectivity index (χ1n) is 9.71. The third-order valence-corrected chi connectivity index (χ3v) is 6.43. The van der Waals surface area contributed by atoms with Crippen molar-refractivity contribution in [3.8, 4) is 0 Å². The van der Waals surface area contributed by atoms with E-state index in [0.29, 0.717) is 34.5 Å². The van der Waals surface area contributed by atoms with Gasteiger partial charge in [0.1, 0.15) is 6.04 Å². The summed E-state index contributed by atoms with van der Waals surface area (Å²) in [5.41, 5.74) is 0.751. The molecular formula is C22H25Cl3N2O2S. The van der Waals surface area contributed by atoms with Crippen molar-refractivity contribution in [3.63, 3.8) is 0 Å². The zero-order valence-electron chi connectivity index (χ0n) is 17.0. The molecule has 30 heavy (non-hydrogen) atoms. The minimum atomic E-state index is -0.604. The van der Waals surface area contributed by atoms with Gasteiger partial charge in [-0.25, -0.2) is 0 Å². The van der Waals surface area contributed by atoms with Gasteiger partial charge in [-0.2, -0.15) is 0 Å². The van der Waals surface area contributed by atoms with E-state index in [0.717, 1.165) is 16.2 Å². The lowest BCUT2D eigenvalue weighted by Gasteiger charge is -2.29. The minimum absolute atomic E-state index is 0.0866. The molecule has 1 atom stereocenters. The third kappa shape index (κ3) is 7.69. The molecule has 0 aliphatic heterocycles. The number of hydrogen-bond acceptors (Lipinski definition) is 3. The topological polar surface area (TPSA) is 49.4 Å². The fraction of sp³-hybridized carbons (Fsp3) is 0.364. The number of nitrogens with one attached hydrogen (secondary N) is 1. The Morgan fingerprint density at radius 2 is 1.73 bits per heavy atom. The number of carbonyl (C=O) groups is 2. The maximum absolute atomic E-state index is 13.0. The first kappa shape index (κ1) is 24.9. The standard InChI is InChI=1S/C22H25Cl3N2O2S/c1-3-26-22(29)15(2)27(14-16-6-7-18(24)13-20(16)25)21(28)5-4-12-30-19-10-8-17(23)9-11-19/h6-11,13,15H,3-5,12,14H2,1-2H3,(H,26,29)/t15-/m0/s1. The fourth-order valence-electron chi connectivity index (χ4n) is 2.83. The summed E-state index contributed by atoms with van der Waals surface area (Å²) in [6.45, 7) is 4.33. The van der Waals surface area contributed by atoms with Crippen molar-refractivity contribution in [1.82, 2.24) is 10.2 Å². The van der Waals surface area contributed by atoms with Gasteiger partial charge in [-0.3, -0.25) is 9.59 Å². The van der Waals surface area contributed by atoms with Gasteiger partial charge in [-0.15, -0.1) is 11.8 Å². The highest BCUT2D eigenvalue weighted by Gasteiger charge is 2.26.